The molecule has 2 nitrogen and oxygen atoms in total. The zero-order valence-corrected chi connectivity index (χ0v) is 9.96. The number of hydrogen-bond acceptors (Lipinski definition) is 2. The van der Waals surface area contributed by atoms with Gasteiger partial charge in [0.1, 0.15) is 0 Å². The van der Waals surface area contributed by atoms with Gasteiger partial charge in [-0.2, -0.15) is 0 Å². The largest absolute Gasteiger partial charge is 0.383 e. The highest BCUT2D eigenvalue weighted by atomic mass is 16.5. The Morgan fingerprint density at radius 3 is 2.21 bits per heavy atom. The second kappa shape index (κ2) is 6.41. The number of nitrogens with zero attached hydrogens (tertiary/aromatic N) is 1. The van der Waals surface area contributed by atoms with E-state index < -0.39 is 0 Å². The molecule has 1 saturated heterocycles. The van der Waals surface area contributed by atoms with Crippen LogP contribution in [-0.4, -0.2) is 38.3 Å². The average Bonchev–Trinajstić information content (AvgIpc) is 2.14. The highest BCUT2D eigenvalue weighted by molar-refractivity contribution is 4.69. The summed E-state index contributed by atoms with van der Waals surface area (Å²) < 4.78 is 5.13. The van der Waals surface area contributed by atoms with E-state index >= 15 is 0 Å². The lowest BCUT2D eigenvalue weighted by Crippen LogP contribution is -2.33. The normalized spacial score (nSPS) is 31.1. The van der Waals surface area contributed by atoms with Crippen molar-refractivity contribution in [2.45, 2.75) is 33.1 Å². The van der Waals surface area contributed by atoms with Gasteiger partial charge in [-0.15, -0.1) is 0 Å². The van der Waals surface area contributed by atoms with Gasteiger partial charge in [-0.05, 0) is 44.2 Å². The molecule has 0 saturated carbocycles. The fraction of sp³-hybridized carbons (Fsp3) is 1.00. The van der Waals surface area contributed by atoms with Crippen LogP contribution in [0.3, 0.4) is 0 Å². The van der Waals surface area contributed by atoms with Crippen LogP contribution in [0.1, 0.15) is 33.1 Å². The lowest BCUT2D eigenvalue weighted by molar-refractivity contribution is 0.129. The van der Waals surface area contributed by atoms with Gasteiger partial charge in [-0.3, -0.25) is 0 Å². The van der Waals surface area contributed by atoms with E-state index in [9.17, 15) is 0 Å². The summed E-state index contributed by atoms with van der Waals surface area (Å²) in [4.78, 5) is 2.55. The molecule has 1 rings (SSSR count). The summed E-state index contributed by atoms with van der Waals surface area (Å²) in [5.41, 5.74) is 0. The number of methoxy groups -OCH3 is 1. The Balaban J connectivity index is 2.29. The van der Waals surface area contributed by atoms with Crippen molar-refractivity contribution in [2.75, 3.05) is 33.4 Å². The molecule has 0 radical (unpaired) electrons. The third-order valence-corrected chi connectivity index (χ3v) is 3.29. The van der Waals surface area contributed by atoms with Crippen molar-refractivity contribution < 1.29 is 4.74 Å². The quantitative estimate of drug-likeness (QED) is 0.692. The fourth-order valence-corrected chi connectivity index (χ4v) is 2.28. The first kappa shape index (κ1) is 12.0. The Kier molecular flexibility index (Phi) is 5.49. The average molecular weight is 199 g/mol. The van der Waals surface area contributed by atoms with Crippen molar-refractivity contribution in [1.29, 1.82) is 0 Å². The maximum atomic E-state index is 5.13. The van der Waals surface area contributed by atoms with Crippen LogP contribution in [0.5, 0.6) is 0 Å². The monoisotopic (exact) mass is 199 g/mol. The lowest BCUT2D eigenvalue weighted by atomic mass is 9.90. The molecule has 0 aliphatic carbocycles. The van der Waals surface area contributed by atoms with Gasteiger partial charge in [-0.1, -0.05) is 13.8 Å². The van der Waals surface area contributed by atoms with E-state index in [4.69, 9.17) is 4.74 Å². The second-order valence-corrected chi connectivity index (χ2v) is 4.86. The standard InChI is InChI=1S/C12H25NO/c1-11-4-6-13(8-9-14-3)7-5-12(2)10-11/h11-12H,4-10H2,1-3H3. The van der Waals surface area contributed by atoms with Gasteiger partial charge < -0.3 is 9.64 Å². The van der Waals surface area contributed by atoms with Gasteiger partial charge >= 0.3 is 0 Å². The smallest absolute Gasteiger partial charge is 0.0589 e. The van der Waals surface area contributed by atoms with E-state index in [2.05, 4.69) is 18.7 Å². The number of likely N-dealkylation sites (tertiary alicyclic amines) is 1. The molecule has 1 heterocycles. The summed E-state index contributed by atoms with van der Waals surface area (Å²) in [6.07, 6.45) is 4.13. The molecule has 1 aliphatic heterocycles. The molecule has 2 heteroatoms. The predicted octanol–water partition coefficient (Wildman–Crippen LogP) is 2.39. The summed E-state index contributed by atoms with van der Waals surface area (Å²) in [5, 5.41) is 0. The minimum Gasteiger partial charge on any atom is -0.383 e. The van der Waals surface area contributed by atoms with Gasteiger partial charge in [0, 0.05) is 13.7 Å². The minimum absolute atomic E-state index is 0.878. The molecular weight excluding hydrogens is 174 g/mol. The summed E-state index contributed by atoms with van der Waals surface area (Å²) >= 11 is 0. The molecule has 2 atom stereocenters. The molecule has 84 valence electrons. The van der Waals surface area contributed by atoms with Gasteiger partial charge in [0.15, 0.2) is 0 Å². The molecule has 0 amide bonds. The maximum absolute atomic E-state index is 5.13. The molecule has 0 aromatic heterocycles. The second-order valence-electron chi connectivity index (χ2n) is 4.86. The van der Waals surface area contributed by atoms with Gasteiger partial charge in [0.2, 0.25) is 0 Å². The molecular formula is C12H25NO. The minimum atomic E-state index is 0.878. The van der Waals surface area contributed by atoms with E-state index in [0.29, 0.717) is 0 Å². The van der Waals surface area contributed by atoms with Crippen LogP contribution in [0.25, 0.3) is 0 Å². The highest BCUT2D eigenvalue weighted by Crippen LogP contribution is 2.21. The molecule has 14 heavy (non-hydrogen) atoms. The lowest BCUT2D eigenvalue weighted by Gasteiger charge is -2.29. The van der Waals surface area contributed by atoms with Crippen LogP contribution in [-0.2, 0) is 4.74 Å². The topological polar surface area (TPSA) is 12.5 Å². The summed E-state index contributed by atoms with van der Waals surface area (Å²) in [6, 6.07) is 0. The van der Waals surface area contributed by atoms with Crippen molar-refractivity contribution >= 4 is 0 Å². The Labute approximate surface area is 88.6 Å². The number of ether oxygens (including phenoxy) is 1. The van der Waals surface area contributed by atoms with Crippen molar-refractivity contribution in [3.05, 3.63) is 0 Å². The van der Waals surface area contributed by atoms with Crippen molar-refractivity contribution in [3.8, 4) is 0 Å². The number of rotatable bonds is 3. The van der Waals surface area contributed by atoms with Gasteiger partial charge in [-0.25, -0.2) is 0 Å². The third-order valence-electron chi connectivity index (χ3n) is 3.29. The molecule has 0 N–H and O–H groups in total. The summed E-state index contributed by atoms with van der Waals surface area (Å²) in [7, 11) is 1.79. The summed E-state index contributed by atoms with van der Waals surface area (Å²) in [6.45, 7) is 9.28. The molecule has 0 bridgehead atoms. The molecule has 1 fully saturated rings. The first-order valence-corrected chi connectivity index (χ1v) is 5.93. The Morgan fingerprint density at radius 1 is 1.14 bits per heavy atom. The SMILES string of the molecule is COCCN1CCC(C)CC(C)CC1. The molecule has 0 aromatic carbocycles. The van der Waals surface area contributed by atoms with Crippen LogP contribution in [0.2, 0.25) is 0 Å². The Bertz CT molecular complexity index is 137. The Morgan fingerprint density at radius 2 is 1.71 bits per heavy atom. The zero-order chi connectivity index (χ0) is 10.4. The van der Waals surface area contributed by atoms with Crippen LogP contribution in [0.15, 0.2) is 0 Å². The van der Waals surface area contributed by atoms with Crippen molar-refractivity contribution in [2.24, 2.45) is 11.8 Å². The van der Waals surface area contributed by atoms with Crippen molar-refractivity contribution in [3.63, 3.8) is 0 Å². The van der Waals surface area contributed by atoms with Gasteiger partial charge in [0.05, 0.1) is 6.61 Å². The molecule has 1 aliphatic rings. The van der Waals surface area contributed by atoms with Crippen molar-refractivity contribution in [1.82, 2.24) is 4.90 Å². The first-order chi connectivity index (χ1) is 6.72. The van der Waals surface area contributed by atoms with Crippen LogP contribution in [0.4, 0.5) is 0 Å². The predicted molar refractivity (Wildman–Crippen MR) is 60.5 cm³/mol. The third kappa shape index (κ3) is 4.43. The van der Waals surface area contributed by atoms with E-state index in [-0.39, 0.29) is 0 Å². The van der Waals surface area contributed by atoms with Crippen LogP contribution < -0.4 is 0 Å². The van der Waals surface area contributed by atoms with E-state index in [1.165, 1.54) is 32.4 Å². The van der Waals surface area contributed by atoms with E-state index in [1.807, 2.05) is 0 Å². The van der Waals surface area contributed by atoms with E-state index in [0.717, 1.165) is 25.0 Å². The zero-order valence-electron chi connectivity index (χ0n) is 9.96. The van der Waals surface area contributed by atoms with Gasteiger partial charge in [0.25, 0.3) is 0 Å². The molecule has 0 spiro atoms. The molecule has 0 aromatic rings. The highest BCUT2D eigenvalue weighted by Gasteiger charge is 2.16. The molecule has 2 unspecified atom stereocenters. The maximum Gasteiger partial charge on any atom is 0.0589 e. The first-order valence-electron chi connectivity index (χ1n) is 5.93. The van der Waals surface area contributed by atoms with Crippen LogP contribution >= 0.6 is 0 Å². The van der Waals surface area contributed by atoms with Crippen LogP contribution in [0, 0.1) is 11.8 Å². The Hall–Kier alpha value is -0.0800. The summed E-state index contributed by atoms with van der Waals surface area (Å²) in [5.74, 6) is 1.80. The fourth-order valence-electron chi connectivity index (χ4n) is 2.28. The van der Waals surface area contributed by atoms with E-state index in [1.54, 1.807) is 7.11 Å². The number of hydrogen-bond donors (Lipinski definition) is 0.